The summed E-state index contributed by atoms with van der Waals surface area (Å²) >= 11 is 0. The molecule has 0 fully saturated rings. The van der Waals surface area contributed by atoms with Crippen molar-refractivity contribution >= 4 is 27.5 Å². The molecule has 0 bridgehead atoms. The topological polar surface area (TPSA) is 105 Å². The largest absolute Gasteiger partial charge is 0.493 e. The van der Waals surface area contributed by atoms with Crippen molar-refractivity contribution in [1.82, 2.24) is 10.2 Å². The number of nitrogens with zero attached hydrogens (tertiary/aromatic N) is 2. The van der Waals surface area contributed by atoms with Crippen LogP contribution in [-0.4, -0.2) is 58.5 Å². The molecular formula is C32H41N3O6S. The lowest BCUT2D eigenvalue weighted by atomic mass is 10.1. The molecular weight excluding hydrogens is 554 g/mol. The zero-order valence-electron chi connectivity index (χ0n) is 25.0. The smallest absolute Gasteiger partial charge is 0.264 e. The van der Waals surface area contributed by atoms with Crippen LogP contribution in [0.4, 0.5) is 5.69 Å². The number of sulfonamides is 1. The maximum atomic E-state index is 14.1. The maximum Gasteiger partial charge on any atom is 0.264 e. The highest BCUT2D eigenvalue weighted by atomic mass is 32.2. The predicted molar refractivity (Wildman–Crippen MR) is 164 cm³/mol. The zero-order chi connectivity index (χ0) is 30.7. The fourth-order valence-electron chi connectivity index (χ4n) is 4.66. The van der Waals surface area contributed by atoms with Crippen LogP contribution in [0.5, 0.6) is 11.5 Å². The number of amides is 2. The molecule has 0 aromatic heterocycles. The summed E-state index contributed by atoms with van der Waals surface area (Å²) < 4.78 is 39.9. The molecule has 3 aromatic rings. The Bertz CT molecular complexity index is 1450. The van der Waals surface area contributed by atoms with Crippen LogP contribution in [0.3, 0.4) is 0 Å². The molecule has 0 aliphatic heterocycles. The number of ether oxygens (including phenoxy) is 2. The van der Waals surface area contributed by atoms with Crippen molar-refractivity contribution in [3.05, 3.63) is 83.9 Å². The molecule has 0 aliphatic carbocycles. The van der Waals surface area contributed by atoms with E-state index in [0.29, 0.717) is 24.4 Å². The first-order valence-electron chi connectivity index (χ1n) is 14.1. The van der Waals surface area contributed by atoms with Crippen LogP contribution in [0.15, 0.2) is 77.7 Å². The Morgan fingerprint density at radius 2 is 1.62 bits per heavy atom. The normalized spacial score (nSPS) is 11.8. The van der Waals surface area contributed by atoms with Crippen LogP contribution in [0.2, 0.25) is 0 Å². The Morgan fingerprint density at radius 3 is 2.24 bits per heavy atom. The first-order valence-corrected chi connectivity index (χ1v) is 15.5. The van der Waals surface area contributed by atoms with Crippen molar-refractivity contribution in [3.63, 3.8) is 0 Å². The predicted octanol–water partition coefficient (Wildman–Crippen LogP) is 4.93. The molecule has 0 radical (unpaired) electrons. The molecule has 3 aromatic carbocycles. The molecule has 226 valence electrons. The van der Waals surface area contributed by atoms with Gasteiger partial charge >= 0.3 is 0 Å². The molecule has 0 spiro atoms. The molecule has 0 heterocycles. The van der Waals surface area contributed by atoms with Crippen LogP contribution in [0.1, 0.15) is 44.2 Å². The van der Waals surface area contributed by atoms with Crippen LogP contribution in [-0.2, 0) is 26.2 Å². The molecule has 0 aliphatic rings. The van der Waals surface area contributed by atoms with Crippen LogP contribution < -0.4 is 19.1 Å². The van der Waals surface area contributed by atoms with Gasteiger partial charge in [0.15, 0.2) is 11.5 Å². The zero-order valence-corrected chi connectivity index (χ0v) is 25.8. The highest BCUT2D eigenvalue weighted by Crippen LogP contribution is 2.32. The SMILES string of the molecule is CCCCNC(=O)C(CC)N(Cc1cccc(C)c1)C(=O)CN(c1ccccc1)S(=O)(=O)c1ccc(OC)c(OC)c1. The standard InChI is InChI=1S/C32H41N3O6S/c1-6-8-19-33-32(37)28(7-2)34(22-25-14-12-13-24(3)20-25)31(36)23-35(26-15-10-9-11-16-26)42(38,39)27-17-18-29(40-4)30(21-27)41-5/h9-18,20-21,28H,6-8,19,22-23H2,1-5H3,(H,33,37). The highest BCUT2D eigenvalue weighted by molar-refractivity contribution is 7.92. The van der Waals surface area contributed by atoms with E-state index in [1.807, 2.05) is 45.0 Å². The summed E-state index contributed by atoms with van der Waals surface area (Å²) in [6.45, 7) is 5.98. The number of hydrogen-bond acceptors (Lipinski definition) is 6. The molecule has 42 heavy (non-hydrogen) atoms. The number of para-hydroxylation sites is 1. The van der Waals surface area contributed by atoms with Gasteiger partial charge in [-0.2, -0.15) is 0 Å². The van der Waals surface area contributed by atoms with Gasteiger partial charge in [-0.3, -0.25) is 13.9 Å². The van der Waals surface area contributed by atoms with E-state index in [4.69, 9.17) is 9.47 Å². The van der Waals surface area contributed by atoms with Gasteiger partial charge in [0.1, 0.15) is 12.6 Å². The van der Waals surface area contributed by atoms with Crippen molar-refractivity contribution in [1.29, 1.82) is 0 Å². The van der Waals surface area contributed by atoms with Crippen LogP contribution >= 0.6 is 0 Å². The minimum atomic E-state index is -4.24. The fraction of sp³-hybridized carbons (Fsp3) is 0.375. The number of carbonyl (C=O) groups excluding carboxylic acids is 2. The minimum Gasteiger partial charge on any atom is -0.493 e. The lowest BCUT2D eigenvalue weighted by molar-refractivity contribution is -0.140. The van der Waals surface area contributed by atoms with E-state index in [9.17, 15) is 18.0 Å². The number of aryl methyl sites for hydroxylation is 1. The van der Waals surface area contributed by atoms with Crippen molar-refractivity contribution in [2.45, 2.75) is 57.5 Å². The van der Waals surface area contributed by atoms with E-state index >= 15 is 0 Å². The number of carbonyl (C=O) groups is 2. The van der Waals surface area contributed by atoms with E-state index in [1.54, 1.807) is 30.3 Å². The van der Waals surface area contributed by atoms with Gasteiger partial charge in [0, 0.05) is 19.2 Å². The molecule has 2 amide bonds. The molecule has 1 N–H and O–H groups in total. The number of rotatable bonds is 15. The Labute approximate surface area is 249 Å². The summed E-state index contributed by atoms with van der Waals surface area (Å²) in [5, 5.41) is 2.94. The Kier molecular flexibility index (Phi) is 11.8. The number of unbranched alkanes of at least 4 members (excludes halogenated alkanes) is 1. The Morgan fingerprint density at radius 1 is 0.905 bits per heavy atom. The van der Waals surface area contributed by atoms with Crippen molar-refractivity contribution in [2.24, 2.45) is 0 Å². The number of nitrogens with one attached hydrogen (secondary N) is 1. The molecule has 0 saturated carbocycles. The third kappa shape index (κ3) is 8.03. The molecule has 0 saturated heterocycles. The average molecular weight is 596 g/mol. The molecule has 9 nitrogen and oxygen atoms in total. The van der Waals surface area contributed by atoms with E-state index < -0.39 is 28.5 Å². The van der Waals surface area contributed by atoms with Gasteiger partial charge in [-0.1, -0.05) is 68.3 Å². The lowest BCUT2D eigenvalue weighted by Gasteiger charge is -2.33. The second kappa shape index (κ2) is 15.3. The lowest BCUT2D eigenvalue weighted by Crippen LogP contribution is -2.52. The van der Waals surface area contributed by atoms with Gasteiger partial charge in [0.25, 0.3) is 10.0 Å². The first-order chi connectivity index (χ1) is 20.2. The number of anilines is 1. The van der Waals surface area contributed by atoms with Crippen molar-refractivity contribution in [3.8, 4) is 11.5 Å². The van der Waals surface area contributed by atoms with Gasteiger partial charge in [0.05, 0.1) is 24.8 Å². The van der Waals surface area contributed by atoms with Crippen molar-refractivity contribution < 1.29 is 27.5 Å². The van der Waals surface area contributed by atoms with Gasteiger partial charge in [0.2, 0.25) is 11.8 Å². The molecule has 3 rings (SSSR count). The monoisotopic (exact) mass is 595 g/mol. The van der Waals surface area contributed by atoms with E-state index in [-0.39, 0.29) is 23.1 Å². The van der Waals surface area contributed by atoms with E-state index in [2.05, 4.69) is 5.32 Å². The van der Waals surface area contributed by atoms with Crippen LogP contribution in [0.25, 0.3) is 0 Å². The number of hydrogen-bond donors (Lipinski definition) is 1. The van der Waals surface area contributed by atoms with Gasteiger partial charge in [-0.25, -0.2) is 8.42 Å². The maximum absolute atomic E-state index is 14.1. The summed E-state index contributed by atoms with van der Waals surface area (Å²) in [5.74, 6) is -0.139. The quantitative estimate of drug-likeness (QED) is 0.250. The average Bonchev–Trinajstić information content (AvgIpc) is 2.99. The van der Waals surface area contributed by atoms with Crippen molar-refractivity contribution in [2.75, 3.05) is 31.6 Å². The summed E-state index contributed by atoms with van der Waals surface area (Å²) in [5.41, 5.74) is 2.18. The second-order valence-electron chi connectivity index (χ2n) is 9.94. The molecule has 1 atom stereocenters. The molecule has 1 unspecified atom stereocenters. The number of benzene rings is 3. The van der Waals surface area contributed by atoms with Gasteiger partial charge < -0.3 is 19.7 Å². The van der Waals surface area contributed by atoms with Gasteiger partial charge in [-0.05, 0) is 49.6 Å². The Hall–Kier alpha value is -4.05. The van der Waals surface area contributed by atoms with E-state index in [0.717, 1.165) is 28.3 Å². The van der Waals surface area contributed by atoms with E-state index in [1.165, 1.54) is 37.3 Å². The third-order valence-electron chi connectivity index (χ3n) is 6.92. The fourth-order valence-corrected chi connectivity index (χ4v) is 6.09. The highest BCUT2D eigenvalue weighted by Gasteiger charge is 2.34. The summed E-state index contributed by atoms with van der Waals surface area (Å²) in [6.07, 6.45) is 2.10. The Balaban J connectivity index is 2.05. The van der Waals surface area contributed by atoms with Gasteiger partial charge in [-0.15, -0.1) is 0 Å². The summed E-state index contributed by atoms with van der Waals surface area (Å²) in [4.78, 5) is 28.9. The summed E-state index contributed by atoms with van der Waals surface area (Å²) in [7, 11) is -1.35. The minimum absolute atomic E-state index is 0.0635. The number of methoxy groups -OCH3 is 2. The molecule has 10 heteroatoms. The third-order valence-corrected chi connectivity index (χ3v) is 8.69. The second-order valence-corrected chi connectivity index (χ2v) is 11.8. The first kappa shape index (κ1) is 32.5. The van der Waals surface area contributed by atoms with Crippen LogP contribution in [0, 0.1) is 6.92 Å². The summed E-state index contributed by atoms with van der Waals surface area (Å²) in [6, 6.07) is 19.7.